The molecule has 6 nitrogen and oxygen atoms in total. The van der Waals surface area contributed by atoms with Crippen molar-refractivity contribution in [2.75, 3.05) is 13.2 Å². The summed E-state index contributed by atoms with van der Waals surface area (Å²) in [6.45, 7) is -0.535. The number of amides is 1. The summed E-state index contributed by atoms with van der Waals surface area (Å²) in [6.07, 6.45) is 1.66. The minimum Gasteiger partial charge on any atom is -0.484 e. The third kappa shape index (κ3) is 3.71. The number of fused-ring (bicyclic) bond motifs is 1. The van der Waals surface area contributed by atoms with Crippen LogP contribution in [0.25, 0.3) is 0 Å². The fourth-order valence-corrected chi connectivity index (χ4v) is 2.14. The molecule has 1 aromatic rings. The minimum atomic E-state index is -1.60. The van der Waals surface area contributed by atoms with Gasteiger partial charge in [-0.05, 0) is 42.5 Å². The average molecular weight is 279 g/mol. The first-order chi connectivity index (χ1) is 9.56. The molecule has 0 saturated heterocycles. The van der Waals surface area contributed by atoms with Crippen LogP contribution < -0.4 is 10.1 Å². The monoisotopic (exact) mass is 279 g/mol. The summed E-state index contributed by atoms with van der Waals surface area (Å²) in [7, 11) is 0. The molecule has 0 spiro atoms. The van der Waals surface area contributed by atoms with E-state index in [4.69, 9.17) is 14.9 Å². The summed E-state index contributed by atoms with van der Waals surface area (Å²) in [4.78, 5) is 21.8. The Morgan fingerprint density at radius 3 is 2.80 bits per heavy atom. The molecule has 1 aromatic carbocycles. The number of hydrogen-bond donors (Lipinski definition) is 3. The zero-order valence-electron chi connectivity index (χ0n) is 11.0. The molecule has 20 heavy (non-hydrogen) atoms. The molecule has 3 N–H and O–H groups in total. The first kappa shape index (κ1) is 14.3. The van der Waals surface area contributed by atoms with Crippen molar-refractivity contribution < 1.29 is 24.5 Å². The Bertz CT molecular complexity index is 514. The smallest absolute Gasteiger partial charge is 0.334 e. The zero-order valence-corrected chi connectivity index (χ0v) is 11.0. The summed E-state index contributed by atoms with van der Waals surface area (Å²) >= 11 is 0. The number of aliphatic hydroxyl groups excluding tert-OH is 1. The van der Waals surface area contributed by atoms with Crippen LogP contribution in [0.15, 0.2) is 18.2 Å². The van der Waals surface area contributed by atoms with Gasteiger partial charge in [0.1, 0.15) is 5.75 Å². The van der Waals surface area contributed by atoms with Crippen LogP contribution in [0.3, 0.4) is 0 Å². The largest absolute Gasteiger partial charge is 0.484 e. The fourth-order valence-electron chi connectivity index (χ4n) is 2.14. The van der Waals surface area contributed by atoms with Gasteiger partial charge in [0, 0.05) is 0 Å². The van der Waals surface area contributed by atoms with Gasteiger partial charge in [-0.25, -0.2) is 4.79 Å². The Morgan fingerprint density at radius 2 is 2.05 bits per heavy atom. The standard InChI is InChI=1S/C14H17NO5/c16-12(14(18)19)7-15-13(17)8-20-11-5-4-9-2-1-3-10(9)6-11/h4-6,12,16H,1-3,7-8H2,(H,15,17)(H,18,19)/t12-/m0/s1. The molecule has 0 bridgehead atoms. The molecule has 1 aliphatic rings. The normalized spacial score (nSPS) is 14.4. The van der Waals surface area contributed by atoms with Gasteiger partial charge in [0.15, 0.2) is 12.7 Å². The van der Waals surface area contributed by atoms with E-state index < -0.39 is 18.0 Å². The number of aliphatic carboxylic acids is 1. The summed E-state index contributed by atoms with van der Waals surface area (Å²) in [6, 6.07) is 5.76. The van der Waals surface area contributed by atoms with E-state index in [1.54, 1.807) is 0 Å². The number of benzene rings is 1. The highest BCUT2D eigenvalue weighted by molar-refractivity contribution is 5.79. The molecule has 0 heterocycles. The maximum absolute atomic E-state index is 11.4. The second-order valence-corrected chi connectivity index (χ2v) is 4.73. The molecule has 0 aliphatic heterocycles. The van der Waals surface area contributed by atoms with E-state index in [0.29, 0.717) is 5.75 Å². The quantitative estimate of drug-likeness (QED) is 0.687. The van der Waals surface area contributed by atoms with E-state index >= 15 is 0 Å². The van der Waals surface area contributed by atoms with Crippen LogP contribution in [0.2, 0.25) is 0 Å². The lowest BCUT2D eigenvalue weighted by molar-refractivity contribution is -0.146. The number of carbonyl (C=O) groups excluding carboxylic acids is 1. The van der Waals surface area contributed by atoms with Crippen molar-refractivity contribution in [3.05, 3.63) is 29.3 Å². The van der Waals surface area contributed by atoms with Crippen molar-refractivity contribution in [3.63, 3.8) is 0 Å². The topological polar surface area (TPSA) is 95.9 Å². The summed E-state index contributed by atoms with van der Waals surface area (Å²) in [5.41, 5.74) is 2.58. The molecule has 0 aromatic heterocycles. The molecule has 1 atom stereocenters. The molecular weight excluding hydrogens is 262 g/mol. The molecule has 108 valence electrons. The Kier molecular flexibility index (Phi) is 4.57. The molecule has 0 saturated carbocycles. The first-order valence-corrected chi connectivity index (χ1v) is 6.48. The Morgan fingerprint density at radius 1 is 1.30 bits per heavy atom. The number of ether oxygens (including phenoxy) is 1. The number of nitrogens with one attached hydrogen (secondary N) is 1. The number of hydrogen-bond acceptors (Lipinski definition) is 4. The molecular formula is C14H17NO5. The van der Waals surface area contributed by atoms with Crippen molar-refractivity contribution in [1.29, 1.82) is 0 Å². The first-order valence-electron chi connectivity index (χ1n) is 6.48. The number of carboxylic acid groups (broad SMARTS) is 1. The predicted octanol–water partition coefficient (Wildman–Crippen LogP) is 0.116. The molecule has 1 amide bonds. The van der Waals surface area contributed by atoms with E-state index in [-0.39, 0.29) is 13.2 Å². The van der Waals surface area contributed by atoms with Crippen LogP contribution in [0.4, 0.5) is 0 Å². The zero-order chi connectivity index (χ0) is 14.5. The molecule has 0 fully saturated rings. The van der Waals surface area contributed by atoms with E-state index in [0.717, 1.165) is 19.3 Å². The van der Waals surface area contributed by atoms with Crippen LogP contribution in [0.1, 0.15) is 17.5 Å². The lowest BCUT2D eigenvalue weighted by atomic mass is 10.1. The third-order valence-corrected chi connectivity index (χ3v) is 3.22. The molecule has 0 radical (unpaired) electrons. The number of aryl methyl sites for hydroxylation is 2. The van der Waals surface area contributed by atoms with Gasteiger partial charge in [-0.2, -0.15) is 0 Å². The highest BCUT2D eigenvalue weighted by Crippen LogP contribution is 2.25. The number of aliphatic hydroxyl groups is 1. The van der Waals surface area contributed by atoms with Crippen molar-refractivity contribution in [2.45, 2.75) is 25.4 Å². The van der Waals surface area contributed by atoms with Crippen molar-refractivity contribution >= 4 is 11.9 Å². The van der Waals surface area contributed by atoms with Crippen LogP contribution in [0.5, 0.6) is 5.75 Å². The number of rotatable bonds is 6. The predicted molar refractivity (Wildman–Crippen MR) is 70.6 cm³/mol. The van der Waals surface area contributed by atoms with Gasteiger partial charge in [-0.15, -0.1) is 0 Å². The van der Waals surface area contributed by atoms with Crippen molar-refractivity contribution in [2.24, 2.45) is 0 Å². The van der Waals surface area contributed by atoms with Crippen LogP contribution in [-0.2, 0) is 22.4 Å². The van der Waals surface area contributed by atoms with Gasteiger partial charge >= 0.3 is 5.97 Å². The SMILES string of the molecule is O=C(COc1ccc2c(c1)CCC2)NC[C@H](O)C(=O)O. The van der Waals surface area contributed by atoms with Crippen LogP contribution in [-0.4, -0.2) is 41.3 Å². The van der Waals surface area contributed by atoms with E-state index in [2.05, 4.69) is 5.32 Å². The van der Waals surface area contributed by atoms with Gasteiger partial charge in [-0.1, -0.05) is 6.07 Å². The number of carboxylic acids is 1. The average Bonchev–Trinajstić information content (AvgIpc) is 2.89. The van der Waals surface area contributed by atoms with E-state index in [1.165, 1.54) is 11.1 Å². The third-order valence-electron chi connectivity index (χ3n) is 3.22. The second-order valence-electron chi connectivity index (χ2n) is 4.73. The summed E-state index contributed by atoms with van der Waals surface area (Å²) in [5.74, 6) is -1.21. The van der Waals surface area contributed by atoms with E-state index in [9.17, 15) is 9.59 Å². The number of carbonyl (C=O) groups is 2. The van der Waals surface area contributed by atoms with Crippen molar-refractivity contribution in [1.82, 2.24) is 5.32 Å². The van der Waals surface area contributed by atoms with E-state index in [1.807, 2.05) is 18.2 Å². The highest BCUT2D eigenvalue weighted by atomic mass is 16.5. The second kappa shape index (κ2) is 6.38. The fraction of sp³-hybridized carbons (Fsp3) is 0.429. The summed E-state index contributed by atoms with van der Waals surface area (Å²) < 4.78 is 5.34. The molecule has 2 rings (SSSR count). The van der Waals surface area contributed by atoms with Crippen LogP contribution >= 0.6 is 0 Å². The van der Waals surface area contributed by atoms with Gasteiger partial charge in [0.2, 0.25) is 0 Å². The van der Waals surface area contributed by atoms with Gasteiger partial charge < -0.3 is 20.3 Å². The van der Waals surface area contributed by atoms with Gasteiger partial charge in [0.05, 0.1) is 6.54 Å². The molecule has 6 heteroatoms. The maximum atomic E-state index is 11.4. The maximum Gasteiger partial charge on any atom is 0.334 e. The van der Waals surface area contributed by atoms with Crippen molar-refractivity contribution in [3.8, 4) is 5.75 Å². The minimum absolute atomic E-state index is 0.203. The Hall–Kier alpha value is -2.08. The Balaban J connectivity index is 1.77. The van der Waals surface area contributed by atoms with Crippen LogP contribution in [0, 0.1) is 0 Å². The lowest BCUT2D eigenvalue weighted by Gasteiger charge is -2.10. The van der Waals surface area contributed by atoms with Gasteiger partial charge in [0.25, 0.3) is 5.91 Å². The lowest BCUT2D eigenvalue weighted by Crippen LogP contribution is -2.38. The van der Waals surface area contributed by atoms with Gasteiger partial charge in [-0.3, -0.25) is 4.79 Å². The molecule has 1 aliphatic carbocycles. The summed E-state index contributed by atoms with van der Waals surface area (Å²) in [5, 5.41) is 19.8. The Labute approximate surface area is 116 Å². The highest BCUT2D eigenvalue weighted by Gasteiger charge is 2.15. The molecule has 0 unspecified atom stereocenters.